The zero-order chi connectivity index (χ0) is 18.4. The fraction of sp³-hybridized carbons (Fsp3) is 0.222. The minimum atomic E-state index is -0.848. The molecule has 0 bridgehead atoms. The highest BCUT2D eigenvalue weighted by Crippen LogP contribution is 2.28. The number of anilines is 1. The lowest BCUT2D eigenvalue weighted by atomic mass is 10.2. The fourth-order valence-corrected chi connectivity index (χ4v) is 3.31. The maximum Gasteiger partial charge on any atom is 0.184 e. The Morgan fingerprint density at radius 3 is 2.58 bits per heavy atom. The molecule has 0 atom stereocenters. The minimum Gasteiger partial charge on any atom is -0.370 e. The van der Waals surface area contributed by atoms with Gasteiger partial charge in [0.2, 0.25) is 0 Å². The van der Waals surface area contributed by atoms with Crippen LogP contribution in [0.25, 0.3) is 16.7 Å². The number of nitrogens with one attached hydrogen (secondary N) is 1. The second-order valence-electron chi connectivity index (χ2n) is 6.24. The van der Waals surface area contributed by atoms with Crippen molar-refractivity contribution in [3.05, 3.63) is 59.0 Å². The largest absolute Gasteiger partial charge is 0.370 e. The van der Waals surface area contributed by atoms with Gasteiger partial charge in [-0.15, -0.1) is 10.2 Å². The number of fused-ring (bicyclic) bond motifs is 3. The van der Waals surface area contributed by atoms with E-state index in [4.69, 9.17) is 5.73 Å². The van der Waals surface area contributed by atoms with Crippen LogP contribution in [-0.2, 0) is 6.54 Å². The first-order valence-corrected chi connectivity index (χ1v) is 8.22. The van der Waals surface area contributed by atoms with Crippen molar-refractivity contribution >= 4 is 22.4 Å². The molecule has 3 heterocycles. The summed E-state index contributed by atoms with van der Waals surface area (Å²) in [7, 11) is 0. The van der Waals surface area contributed by atoms with Gasteiger partial charge in [0.1, 0.15) is 5.82 Å². The van der Waals surface area contributed by atoms with Crippen molar-refractivity contribution in [2.75, 3.05) is 12.0 Å². The van der Waals surface area contributed by atoms with Gasteiger partial charge in [-0.05, 0) is 43.7 Å². The summed E-state index contributed by atoms with van der Waals surface area (Å²) < 4.78 is 30.8. The van der Waals surface area contributed by atoms with Gasteiger partial charge in [-0.25, -0.2) is 8.78 Å². The number of aryl methyl sites for hydroxylation is 2. The van der Waals surface area contributed by atoms with Gasteiger partial charge in [0.25, 0.3) is 0 Å². The summed E-state index contributed by atoms with van der Waals surface area (Å²) in [5.74, 6) is -0.936. The maximum atomic E-state index is 13.6. The molecule has 0 radical (unpaired) electrons. The van der Waals surface area contributed by atoms with Gasteiger partial charge in [0.15, 0.2) is 17.3 Å². The van der Waals surface area contributed by atoms with E-state index in [9.17, 15) is 8.78 Å². The van der Waals surface area contributed by atoms with Gasteiger partial charge in [-0.1, -0.05) is 6.07 Å². The molecule has 0 aliphatic carbocycles. The quantitative estimate of drug-likeness (QED) is 0.552. The van der Waals surface area contributed by atoms with E-state index in [0.717, 1.165) is 34.3 Å². The van der Waals surface area contributed by atoms with E-state index >= 15 is 0 Å². The second-order valence-corrected chi connectivity index (χ2v) is 6.24. The van der Waals surface area contributed by atoms with Gasteiger partial charge >= 0.3 is 0 Å². The molecule has 0 spiro atoms. The molecule has 0 aliphatic rings. The molecule has 3 aromatic heterocycles. The number of nitrogens with zero attached hydrogens (tertiary/aromatic N) is 4. The zero-order valence-corrected chi connectivity index (χ0v) is 14.4. The van der Waals surface area contributed by atoms with Crippen LogP contribution in [0, 0.1) is 25.5 Å². The van der Waals surface area contributed by atoms with Crippen molar-refractivity contribution in [3.63, 3.8) is 0 Å². The summed E-state index contributed by atoms with van der Waals surface area (Å²) in [6.07, 6.45) is 0. The first-order valence-electron chi connectivity index (χ1n) is 8.22. The van der Waals surface area contributed by atoms with Crippen LogP contribution in [0.15, 0.2) is 30.3 Å². The van der Waals surface area contributed by atoms with Gasteiger partial charge < -0.3 is 15.6 Å². The lowest BCUT2D eigenvalue weighted by Crippen LogP contribution is -2.12. The van der Waals surface area contributed by atoms with Crippen LogP contribution < -0.4 is 11.1 Å². The minimum absolute atomic E-state index is 0.260. The molecule has 26 heavy (non-hydrogen) atoms. The highest BCUT2D eigenvalue weighted by atomic mass is 19.2. The molecule has 6 nitrogen and oxygen atoms in total. The SMILES string of the molecule is Cc1cc2c(cc(NCN)c3nnc(C)n32)n1Cc1ccc(F)c(F)c1. The Bertz CT molecular complexity index is 1130. The van der Waals surface area contributed by atoms with Gasteiger partial charge in [-0.3, -0.25) is 4.40 Å². The smallest absolute Gasteiger partial charge is 0.184 e. The van der Waals surface area contributed by atoms with Crippen molar-refractivity contribution in [3.8, 4) is 0 Å². The first kappa shape index (κ1) is 16.5. The highest BCUT2D eigenvalue weighted by molar-refractivity contribution is 5.88. The van der Waals surface area contributed by atoms with E-state index < -0.39 is 11.6 Å². The molecular weight excluding hydrogens is 338 g/mol. The summed E-state index contributed by atoms with van der Waals surface area (Å²) in [6.45, 7) is 4.53. The molecule has 0 unspecified atom stereocenters. The van der Waals surface area contributed by atoms with Crippen LogP contribution in [0.2, 0.25) is 0 Å². The Kier molecular flexibility index (Phi) is 3.84. The Morgan fingerprint density at radius 1 is 1.04 bits per heavy atom. The number of halogens is 2. The van der Waals surface area contributed by atoms with E-state index in [1.807, 2.05) is 34.9 Å². The molecule has 0 saturated carbocycles. The molecule has 4 rings (SSSR count). The predicted octanol–water partition coefficient (Wildman–Crippen LogP) is 2.96. The third-order valence-corrected chi connectivity index (χ3v) is 4.53. The lowest BCUT2D eigenvalue weighted by molar-refractivity contribution is 0.506. The molecule has 0 saturated heterocycles. The Hall–Kier alpha value is -3.00. The topological polar surface area (TPSA) is 73.2 Å². The third kappa shape index (κ3) is 2.50. The summed E-state index contributed by atoms with van der Waals surface area (Å²) in [5, 5.41) is 11.5. The average molecular weight is 356 g/mol. The predicted molar refractivity (Wildman–Crippen MR) is 96.1 cm³/mol. The van der Waals surface area contributed by atoms with Crippen molar-refractivity contribution in [1.29, 1.82) is 0 Å². The fourth-order valence-electron chi connectivity index (χ4n) is 3.31. The van der Waals surface area contributed by atoms with E-state index in [1.54, 1.807) is 6.07 Å². The van der Waals surface area contributed by atoms with Crippen LogP contribution in [0.1, 0.15) is 17.1 Å². The number of pyridine rings is 1. The first-order chi connectivity index (χ1) is 12.5. The summed E-state index contributed by atoms with van der Waals surface area (Å²) in [4.78, 5) is 0. The van der Waals surface area contributed by atoms with Gasteiger partial charge in [-0.2, -0.15) is 0 Å². The Labute approximate surface area is 148 Å². The number of hydrogen-bond donors (Lipinski definition) is 2. The number of hydrogen-bond acceptors (Lipinski definition) is 4. The van der Waals surface area contributed by atoms with E-state index in [0.29, 0.717) is 17.8 Å². The van der Waals surface area contributed by atoms with Crippen LogP contribution >= 0.6 is 0 Å². The van der Waals surface area contributed by atoms with Crippen LogP contribution in [0.5, 0.6) is 0 Å². The molecule has 0 aliphatic heterocycles. The standard InChI is InChI=1S/C18H18F2N6/c1-10-5-17-16(25(10)8-12-3-4-13(19)14(20)6-12)7-15(22-9-21)18-24-23-11(2)26(17)18/h3-7,22H,8-9,21H2,1-2H3. The number of benzene rings is 1. The normalized spacial score (nSPS) is 11.6. The number of rotatable bonds is 4. The molecule has 0 amide bonds. The molecule has 0 fully saturated rings. The lowest BCUT2D eigenvalue weighted by Gasteiger charge is -2.11. The maximum absolute atomic E-state index is 13.6. The Balaban J connectivity index is 1.93. The summed E-state index contributed by atoms with van der Waals surface area (Å²) in [5.41, 5.74) is 10.7. The zero-order valence-electron chi connectivity index (χ0n) is 14.4. The molecule has 4 aromatic rings. The van der Waals surface area contributed by atoms with Crippen LogP contribution in [-0.4, -0.2) is 25.8 Å². The van der Waals surface area contributed by atoms with Crippen LogP contribution in [0.4, 0.5) is 14.5 Å². The molecule has 1 aromatic carbocycles. The van der Waals surface area contributed by atoms with Crippen LogP contribution in [0.3, 0.4) is 0 Å². The van der Waals surface area contributed by atoms with Crippen molar-refractivity contribution in [2.24, 2.45) is 5.73 Å². The molecule has 8 heteroatoms. The molecular formula is C18H18F2N6. The summed E-state index contributed by atoms with van der Waals surface area (Å²) in [6, 6.07) is 7.95. The van der Waals surface area contributed by atoms with Crippen molar-refractivity contribution in [1.82, 2.24) is 19.2 Å². The van der Waals surface area contributed by atoms with E-state index in [-0.39, 0.29) is 6.67 Å². The van der Waals surface area contributed by atoms with Gasteiger partial charge in [0.05, 0.1) is 23.4 Å². The molecule has 3 N–H and O–H groups in total. The van der Waals surface area contributed by atoms with E-state index in [1.165, 1.54) is 6.07 Å². The van der Waals surface area contributed by atoms with Crippen molar-refractivity contribution < 1.29 is 8.78 Å². The average Bonchev–Trinajstić information content (AvgIpc) is 3.13. The second kappa shape index (κ2) is 6.06. The molecule has 134 valence electrons. The van der Waals surface area contributed by atoms with Crippen molar-refractivity contribution in [2.45, 2.75) is 20.4 Å². The number of aromatic nitrogens is 4. The van der Waals surface area contributed by atoms with E-state index in [2.05, 4.69) is 15.5 Å². The highest BCUT2D eigenvalue weighted by Gasteiger charge is 2.16. The summed E-state index contributed by atoms with van der Waals surface area (Å²) >= 11 is 0. The Morgan fingerprint density at radius 2 is 1.85 bits per heavy atom. The third-order valence-electron chi connectivity index (χ3n) is 4.53. The monoisotopic (exact) mass is 356 g/mol. The van der Waals surface area contributed by atoms with Gasteiger partial charge in [0, 0.05) is 12.2 Å². The number of nitrogens with two attached hydrogens (primary N) is 1.